The predicted molar refractivity (Wildman–Crippen MR) is 119 cm³/mol. The van der Waals surface area contributed by atoms with Crippen molar-refractivity contribution in [2.75, 3.05) is 5.43 Å². The van der Waals surface area contributed by atoms with Crippen LogP contribution in [0.15, 0.2) is 59.4 Å². The van der Waals surface area contributed by atoms with Crippen LogP contribution in [0.3, 0.4) is 0 Å². The van der Waals surface area contributed by atoms with E-state index in [9.17, 15) is 9.59 Å². The number of aromatic nitrogens is 1. The Kier molecular flexibility index (Phi) is 5.78. The Labute approximate surface area is 171 Å². The number of pyridine rings is 1. The smallest absolute Gasteiger partial charge is 0.276 e. The number of nitrogens with one attached hydrogen (secondary N) is 2. The summed E-state index contributed by atoms with van der Waals surface area (Å²) in [4.78, 5) is 26.5. The molecular weight excluding hydrogens is 362 g/mol. The highest BCUT2D eigenvalue weighted by molar-refractivity contribution is 6.07. The van der Waals surface area contributed by atoms with Crippen molar-refractivity contribution in [2.24, 2.45) is 0 Å². The van der Waals surface area contributed by atoms with E-state index in [1.54, 1.807) is 6.07 Å². The van der Waals surface area contributed by atoms with Crippen LogP contribution in [0.2, 0.25) is 0 Å². The van der Waals surface area contributed by atoms with Crippen molar-refractivity contribution < 1.29 is 4.79 Å². The second-order valence-electron chi connectivity index (χ2n) is 8.35. The van der Waals surface area contributed by atoms with Crippen molar-refractivity contribution in [3.63, 3.8) is 0 Å². The highest BCUT2D eigenvalue weighted by Crippen LogP contribution is 2.22. The molecule has 3 aromatic rings. The van der Waals surface area contributed by atoms with Crippen LogP contribution in [-0.4, -0.2) is 16.1 Å². The van der Waals surface area contributed by atoms with Crippen molar-refractivity contribution in [1.82, 2.24) is 9.99 Å². The monoisotopic (exact) mass is 391 g/mol. The number of fused-ring (bicyclic) bond motifs is 1. The zero-order chi connectivity index (χ0) is 21.2. The first-order chi connectivity index (χ1) is 13.7. The molecule has 1 atom stereocenters. The standard InChI is InChI=1S/C24H29N3O2/c1-6-20(17-12-8-7-9-13-17)25-22(28)21-16(2)27(26-24(3,4)5)23(29)19-15-11-10-14-18(19)21/h7-15,20,26H,6H2,1-5H3,(H,25,28). The van der Waals surface area contributed by atoms with Gasteiger partial charge in [0.1, 0.15) is 0 Å². The van der Waals surface area contributed by atoms with Gasteiger partial charge in [0, 0.05) is 16.3 Å². The SMILES string of the molecule is CCC(NC(=O)c1c(C)n(NC(C)(C)C)c(=O)c2ccccc12)c1ccccc1. The van der Waals surface area contributed by atoms with Gasteiger partial charge in [-0.1, -0.05) is 55.5 Å². The Balaban J connectivity index is 2.12. The summed E-state index contributed by atoms with van der Waals surface area (Å²) in [7, 11) is 0. The first-order valence-electron chi connectivity index (χ1n) is 10.0. The third-order valence-electron chi connectivity index (χ3n) is 4.92. The number of carbonyl (C=O) groups excluding carboxylic acids is 1. The van der Waals surface area contributed by atoms with Crippen LogP contribution in [0.5, 0.6) is 0 Å². The predicted octanol–water partition coefficient (Wildman–Crippen LogP) is 4.53. The molecule has 0 aliphatic heterocycles. The molecule has 0 radical (unpaired) electrons. The summed E-state index contributed by atoms with van der Waals surface area (Å²) in [6.07, 6.45) is 0.770. The third-order valence-corrected chi connectivity index (χ3v) is 4.92. The highest BCUT2D eigenvalue weighted by Gasteiger charge is 2.23. The fourth-order valence-corrected chi connectivity index (χ4v) is 3.56. The normalized spacial score (nSPS) is 12.6. The third kappa shape index (κ3) is 4.34. The molecule has 5 heteroatoms. The van der Waals surface area contributed by atoms with Gasteiger partial charge in [-0.25, -0.2) is 4.68 Å². The van der Waals surface area contributed by atoms with Crippen molar-refractivity contribution in [3.05, 3.63) is 81.8 Å². The Morgan fingerprint density at radius 1 is 1.00 bits per heavy atom. The summed E-state index contributed by atoms with van der Waals surface area (Å²) < 4.78 is 1.50. The zero-order valence-electron chi connectivity index (χ0n) is 17.7. The number of nitrogens with zero attached hydrogens (tertiary/aromatic N) is 1. The second kappa shape index (κ2) is 8.11. The lowest BCUT2D eigenvalue weighted by atomic mass is 10.0. The molecule has 1 aromatic heterocycles. The maximum Gasteiger partial charge on any atom is 0.276 e. The molecule has 0 saturated heterocycles. The minimum absolute atomic E-state index is 0.0992. The molecule has 2 aromatic carbocycles. The lowest BCUT2D eigenvalue weighted by Gasteiger charge is -2.27. The van der Waals surface area contributed by atoms with Crippen molar-refractivity contribution >= 4 is 16.7 Å². The van der Waals surface area contributed by atoms with E-state index in [1.165, 1.54) is 4.68 Å². The van der Waals surface area contributed by atoms with E-state index in [-0.39, 0.29) is 23.0 Å². The van der Waals surface area contributed by atoms with E-state index in [0.717, 1.165) is 12.0 Å². The topological polar surface area (TPSA) is 63.1 Å². The molecule has 5 nitrogen and oxygen atoms in total. The minimum atomic E-state index is -0.333. The number of hydrogen-bond acceptors (Lipinski definition) is 3. The second-order valence-corrected chi connectivity index (χ2v) is 8.35. The summed E-state index contributed by atoms with van der Waals surface area (Å²) in [5.41, 5.74) is 4.92. The lowest BCUT2D eigenvalue weighted by Crippen LogP contribution is -2.43. The maximum atomic E-state index is 13.4. The number of benzene rings is 2. The molecule has 0 bridgehead atoms. The summed E-state index contributed by atoms with van der Waals surface area (Å²) in [5.74, 6) is -0.182. The highest BCUT2D eigenvalue weighted by atomic mass is 16.2. The Hall–Kier alpha value is -3.08. The molecular formula is C24H29N3O2. The van der Waals surface area contributed by atoms with Crippen LogP contribution in [0.25, 0.3) is 10.8 Å². The van der Waals surface area contributed by atoms with Gasteiger partial charge in [-0.15, -0.1) is 0 Å². The molecule has 0 spiro atoms. The maximum absolute atomic E-state index is 13.4. The number of amides is 1. The van der Waals surface area contributed by atoms with Gasteiger partial charge >= 0.3 is 0 Å². The van der Waals surface area contributed by atoms with Gasteiger partial charge in [0.05, 0.1) is 17.3 Å². The largest absolute Gasteiger partial charge is 0.345 e. The molecule has 2 N–H and O–H groups in total. The molecule has 29 heavy (non-hydrogen) atoms. The van der Waals surface area contributed by atoms with Crippen LogP contribution in [0, 0.1) is 6.92 Å². The average Bonchev–Trinajstić information content (AvgIpc) is 2.69. The molecule has 1 heterocycles. The number of carbonyl (C=O) groups is 1. The van der Waals surface area contributed by atoms with Crippen LogP contribution in [-0.2, 0) is 0 Å². The van der Waals surface area contributed by atoms with Gasteiger partial charge in [0.2, 0.25) is 0 Å². The van der Waals surface area contributed by atoms with E-state index < -0.39 is 0 Å². The fourth-order valence-electron chi connectivity index (χ4n) is 3.56. The zero-order valence-corrected chi connectivity index (χ0v) is 17.7. The minimum Gasteiger partial charge on any atom is -0.345 e. The van der Waals surface area contributed by atoms with E-state index in [2.05, 4.69) is 10.7 Å². The van der Waals surface area contributed by atoms with Crippen LogP contribution in [0.4, 0.5) is 0 Å². The van der Waals surface area contributed by atoms with E-state index >= 15 is 0 Å². The molecule has 0 saturated carbocycles. The lowest BCUT2D eigenvalue weighted by molar-refractivity contribution is 0.0935. The van der Waals surface area contributed by atoms with Gasteiger partial charge in [-0.3, -0.25) is 9.59 Å². The summed E-state index contributed by atoms with van der Waals surface area (Å²) in [6.45, 7) is 9.80. The molecule has 0 fully saturated rings. The van der Waals surface area contributed by atoms with Crippen molar-refractivity contribution in [3.8, 4) is 0 Å². The molecule has 1 amide bonds. The molecule has 152 valence electrons. The van der Waals surface area contributed by atoms with Crippen molar-refractivity contribution in [2.45, 2.75) is 52.6 Å². The van der Waals surface area contributed by atoms with E-state index in [1.807, 2.05) is 83.1 Å². The molecule has 1 unspecified atom stereocenters. The molecule has 0 aliphatic rings. The first-order valence-corrected chi connectivity index (χ1v) is 10.0. The van der Waals surface area contributed by atoms with Gasteiger partial charge in [0.25, 0.3) is 11.5 Å². The average molecular weight is 392 g/mol. The van der Waals surface area contributed by atoms with Gasteiger partial charge in [-0.05, 0) is 45.7 Å². The summed E-state index contributed by atoms with van der Waals surface area (Å²) in [5, 5.41) is 4.35. The van der Waals surface area contributed by atoms with Crippen LogP contribution in [0.1, 0.15) is 61.8 Å². The van der Waals surface area contributed by atoms with E-state index in [4.69, 9.17) is 0 Å². The van der Waals surface area contributed by atoms with Crippen LogP contribution < -0.4 is 16.3 Å². The Bertz CT molecular complexity index is 1080. The molecule has 0 aliphatic carbocycles. The quantitative estimate of drug-likeness (QED) is 0.671. The van der Waals surface area contributed by atoms with Gasteiger partial charge < -0.3 is 10.7 Å². The summed E-state index contributed by atoms with van der Waals surface area (Å²) in [6, 6.07) is 17.1. The number of hydrogen-bond donors (Lipinski definition) is 2. The van der Waals surface area contributed by atoms with Crippen LogP contribution >= 0.6 is 0 Å². The van der Waals surface area contributed by atoms with E-state index in [0.29, 0.717) is 22.0 Å². The van der Waals surface area contributed by atoms with Gasteiger partial charge in [-0.2, -0.15) is 0 Å². The Morgan fingerprint density at radius 2 is 1.59 bits per heavy atom. The summed E-state index contributed by atoms with van der Waals surface area (Å²) >= 11 is 0. The molecule has 3 rings (SSSR count). The van der Waals surface area contributed by atoms with Crippen molar-refractivity contribution in [1.29, 1.82) is 0 Å². The Morgan fingerprint density at radius 3 is 2.17 bits per heavy atom. The van der Waals surface area contributed by atoms with Gasteiger partial charge in [0.15, 0.2) is 0 Å². The first kappa shape index (κ1) is 20.6. The number of rotatable bonds is 5. The fraction of sp³-hybridized carbons (Fsp3) is 0.333.